The molecule has 2 aromatic rings. The Morgan fingerprint density at radius 3 is 2.76 bits per heavy atom. The molecule has 0 amide bonds. The van der Waals surface area contributed by atoms with Gasteiger partial charge in [0.2, 0.25) is 0 Å². The van der Waals surface area contributed by atoms with Gasteiger partial charge < -0.3 is 10.1 Å². The number of hydrogen-bond acceptors (Lipinski definition) is 4. The summed E-state index contributed by atoms with van der Waals surface area (Å²) < 4.78 is 6.07. The molecule has 2 aromatic heterocycles. The molecule has 0 saturated carbocycles. The van der Waals surface area contributed by atoms with Crippen molar-refractivity contribution in [3.8, 4) is 11.5 Å². The van der Waals surface area contributed by atoms with Crippen molar-refractivity contribution in [2.24, 2.45) is 0 Å². The van der Waals surface area contributed by atoms with Gasteiger partial charge in [0.15, 0.2) is 0 Å². The van der Waals surface area contributed by atoms with Crippen molar-refractivity contribution in [2.75, 3.05) is 6.54 Å². The Hall–Kier alpha value is -1.94. The Morgan fingerprint density at radius 1 is 1.14 bits per heavy atom. The van der Waals surface area contributed by atoms with Crippen molar-refractivity contribution in [3.05, 3.63) is 47.5 Å². The fraction of sp³-hybridized carbons (Fsp3) is 0.412. The van der Waals surface area contributed by atoms with Crippen LogP contribution < -0.4 is 10.1 Å². The lowest BCUT2D eigenvalue weighted by molar-refractivity contribution is 0.462. The molecule has 0 fully saturated rings. The fourth-order valence-corrected chi connectivity index (χ4v) is 2.11. The predicted octanol–water partition coefficient (Wildman–Crippen LogP) is 3.64. The third-order valence-corrected chi connectivity index (χ3v) is 3.23. The fourth-order valence-electron chi connectivity index (χ4n) is 2.11. The average molecular weight is 285 g/mol. The van der Waals surface area contributed by atoms with Crippen LogP contribution in [0.3, 0.4) is 0 Å². The zero-order chi connectivity index (χ0) is 15.1. The third kappa shape index (κ3) is 4.26. The van der Waals surface area contributed by atoms with Gasteiger partial charge in [-0.05, 0) is 44.5 Å². The van der Waals surface area contributed by atoms with Crippen LogP contribution in [-0.4, -0.2) is 16.5 Å². The highest BCUT2D eigenvalue weighted by atomic mass is 16.5. The Labute approximate surface area is 126 Å². The van der Waals surface area contributed by atoms with E-state index >= 15 is 0 Å². The molecule has 0 unspecified atom stereocenters. The molecule has 0 aliphatic carbocycles. The van der Waals surface area contributed by atoms with Crippen molar-refractivity contribution in [1.82, 2.24) is 15.3 Å². The lowest BCUT2D eigenvalue weighted by Gasteiger charge is -2.13. The van der Waals surface area contributed by atoms with Crippen LogP contribution in [0.2, 0.25) is 0 Å². The van der Waals surface area contributed by atoms with E-state index in [1.54, 1.807) is 6.20 Å². The van der Waals surface area contributed by atoms with Crippen LogP contribution in [0.25, 0.3) is 0 Å². The van der Waals surface area contributed by atoms with Crippen LogP contribution in [0.4, 0.5) is 0 Å². The molecule has 0 aromatic carbocycles. The molecule has 4 nitrogen and oxygen atoms in total. The number of rotatable bonds is 7. The van der Waals surface area contributed by atoms with Gasteiger partial charge in [0.05, 0.1) is 5.69 Å². The summed E-state index contributed by atoms with van der Waals surface area (Å²) in [5.41, 5.74) is 3.06. The van der Waals surface area contributed by atoms with Crippen LogP contribution in [-0.2, 0) is 13.0 Å². The highest BCUT2D eigenvalue weighted by Gasteiger charge is 2.09. The zero-order valence-corrected chi connectivity index (χ0v) is 13.0. The molecule has 0 saturated heterocycles. The average Bonchev–Trinajstić information content (AvgIpc) is 2.51. The summed E-state index contributed by atoms with van der Waals surface area (Å²) in [6.45, 7) is 7.98. The summed E-state index contributed by atoms with van der Waals surface area (Å²) in [6.07, 6.45) is 5.57. The molecule has 0 spiro atoms. The number of nitrogens with zero attached hydrogens (tertiary/aromatic N) is 2. The Balaban J connectivity index is 2.19. The SMILES string of the molecule is CCCNCc1cnccc1Oc1ccc(C)nc1CC. The van der Waals surface area contributed by atoms with Gasteiger partial charge in [-0.15, -0.1) is 0 Å². The van der Waals surface area contributed by atoms with E-state index in [0.29, 0.717) is 0 Å². The van der Waals surface area contributed by atoms with Crippen LogP contribution in [0.5, 0.6) is 11.5 Å². The molecular weight excluding hydrogens is 262 g/mol. The Kier molecular flexibility index (Phi) is 5.69. The first-order chi connectivity index (χ1) is 10.2. The smallest absolute Gasteiger partial charge is 0.148 e. The number of aromatic nitrogens is 2. The van der Waals surface area contributed by atoms with Crippen LogP contribution in [0, 0.1) is 6.92 Å². The van der Waals surface area contributed by atoms with E-state index < -0.39 is 0 Å². The van der Waals surface area contributed by atoms with E-state index in [2.05, 4.69) is 29.1 Å². The largest absolute Gasteiger partial charge is 0.455 e. The Bertz CT molecular complexity index is 584. The van der Waals surface area contributed by atoms with E-state index in [-0.39, 0.29) is 0 Å². The first kappa shape index (κ1) is 15.4. The number of ether oxygens (including phenoxy) is 1. The van der Waals surface area contributed by atoms with Crippen molar-refractivity contribution in [2.45, 2.75) is 40.2 Å². The number of hydrogen-bond donors (Lipinski definition) is 1. The molecule has 2 heterocycles. The van der Waals surface area contributed by atoms with Gasteiger partial charge in [-0.1, -0.05) is 13.8 Å². The molecule has 0 aliphatic heterocycles. The first-order valence-corrected chi connectivity index (χ1v) is 7.52. The van der Waals surface area contributed by atoms with Gasteiger partial charge in [-0.25, -0.2) is 0 Å². The maximum absolute atomic E-state index is 6.07. The van der Waals surface area contributed by atoms with Crippen LogP contribution >= 0.6 is 0 Å². The minimum atomic E-state index is 0.762. The minimum Gasteiger partial charge on any atom is -0.455 e. The van der Waals surface area contributed by atoms with Gasteiger partial charge >= 0.3 is 0 Å². The maximum atomic E-state index is 6.07. The van der Waals surface area contributed by atoms with E-state index in [0.717, 1.165) is 54.4 Å². The van der Waals surface area contributed by atoms with Gasteiger partial charge in [-0.3, -0.25) is 9.97 Å². The van der Waals surface area contributed by atoms with Crippen LogP contribution in [0.1, 0.15) is 37.2 Å². The second kappa shape index (κ2) is 7.74. The summed E-state index contributed by atoms with van der Waals surface area (Å²) in [6, 6.07) is 5.87. The summed E-state index contributed by atoms with van der Waals surface area (Å²) in [7, 11) is 0. The predicted molar refractivity (Wildman–Crippen MR) is 84.7 cm³/mol. The summed E-state index contributed by atoms with van der Waals surface area (Å²) in [5.74, 6) is 1.67. The summed E-state index contributed by atoms with van der Waals surface area (Å²) in [5, 5.41) is 3.38. The first-order valence-electron chi connectivity index (χ1n) is 7.52. The lowest BCUT2D eigenvalue weighted by Crippen LogP contribution is -2.14. The molecule has 0 aliphatic rings. The van der Waals surface area contributed by atoms with E-state index in [9.17, 15) is 0 Å². The van der Waals surface area contributed by atoms with Crippen molar-refractivity contribution >= 4 is 0 Å². The maximum Gasteiger partial charge on any atom is 0.148 e. The molecule has 4 heteroatoms. The van der Waals surface area contributed by atoms with Crippen molar-refractivity contribution in [1.29, 1.82) is 0 Å². The van der Waals surface area contributed by atoms with Crippen LogP contribution in [0.15, 0.2) is 30.6 Å². The number of nitrogens with one attached hydrogen (secondary N) is 1. The minimum absolute atomic E-state index is 0.762. The summed E-state index contributed by atoms with van der Waals surface area (Å²) in [4.78, 5) is 8.72. The molecule has 2 rings (SSSR count). The third-order valence-electron chi connectivity index (χ3n) is 3.23. The topological polar surface area (TPSA) is 47.0 Å². The number of aryl methyl sites for hydroxylation is 2. The molecule has 21 heavy (non-hydrogen) atoms. The van der Waals surface area contributed by atoms with Gasteiger partial charge in [0.25, 0.3) is 0 Å². The van der Waals surface area contributed by atoms with Crippen molar-refractivity contribution < 1.29 is 4.74 Å². The zero-order valence-electron chi connectivity index (χ0n) is 13.0. The molecule has 1 N–H and O–H groups in total. The standard InChI is InChI=1S/C17H23N3O/c1-4-9-18-11-14-12-19-10-8-16(14)21-17-7-6-13(3)20-15(17)5-2/h6-8,10,12,18H,4-5,9,11H2,1-3H3. The van der Waals surface area contributed by atoms with Gasteiger partial charge in [-0.2, -0.15) is 0 Å². The molecule has 112 valence electrons. The second-order valence-corrected chi connectivity index (χ2v) is 5.01. The highest BCUT2D eigenvalue weighted by molar-refractivity contribution is 5.38. The molecule has 0 bridgehead atoms. The van der Waals surface area contributed by atoms with Crippen molar-refractivity contribution in [3.63, 3.8) is 0 Å². The van der Waals surface area contributed by atoms with E-state index in [1.165, 1.54) is 0 Å². The molecule has 0 radical (unpaired) electrons. The van der Waals surface area contributed by atoms with E-state index in [1.807, 2.05) is 31.3 Å². The lowest BCUT2D eigenvalue weighted by atomic mass is 10.2. The highest BCUT2D eigenvalue weighted by Crippen LogP contribution is 2.27. The van der Waals surface area contributed by atoms with Gasteiger partial charge in [0, 0.05) is 30.2 Å². The molecule has 0 atom stereocenters. The van der Waals surface area contributed by atoms with E-state index in [4.69, 9.17) is 4.74 Å². The monoisotopic (exact) mass is 285 g/mol. The summed E-state index contributed by atoms with van der Waals surface area (Å²) >= 11 is 0. The van der Waals surface area contributed by atoms with Gasteiger partial charge in [0.1, 0.15) is 11.5 Å². The number of pyridine rings is 2. The Morgan fingerprint density at radius 2 is 2.00 bits per heavy atom. The second-order valence-electron chi connectivity index (χ2n) is 5.01. The quantitative estimate of drug-likeness (QED) is 0.789. The normalized spacial score (nSPS) is 10.6. The molecular formula is C17H23N3O.